The number of phosphoric ester groups is 4. The monoisotopic (exact) mass is 1770 g/mol. The number of carboxylic acids is 1. The number of rotatable bonds is 48. The second kappa shape index (κ2) is 43.3. The van der Waals surface area contributed by atoms with Gasteiger partial charge in [-0.3, -0.25) is 65.9 Å². The second-order valence-corrected chi connectivity index (χ2v) is 32.3. The molecule has 5 aromatic rings. The molecule has 4 aliphatic heterocycles. The normalized spacial score (nSPS) is 21.4. The third-order valence-corrected chi connectivity index (χ3v) is 22.2. The molecule has 4 unspecified atom stereocenters. The molecule has 46 nitrogen and oxygen atoms in total. The second-order valence-electron chi connectivity index (χ2n) is 26.7. The van der Waals surface area contributed by atoms with E-state index in [-0.39, 0.29) is 122 Å². The van der Waals surface area contributed by atoms with Crippen LogP contribution in [0.3, 0.4) is 0 Å². The van der Waals surface area contributed by atoms with Crippen molar-refractivity contribution < 1.29 is 146 Å². The Morgan fingerprint density at radius 1 is 0.608 bits per heavy atom. The average molecular weight is 1770 g/mol. The minimum atomic E-state index is -5.40. The van der Waals surface area contributed by atoms with Crippen LogP contribution < -0.4 is 69.6 Å². The van der Waals surface area contributed by atoms with Crippen molar-refractivity contribution in [3.63, 3.8) is 0 Å². The van der Waals surface area contributed by atoms with E-state index in [9.17, 15) is 101 Å². The van der Waals surface area contributed by atoms with Crippen molar-refractivity contribution >= 4 is 71.9 Å². The number of aromatic nitrogens is 6. The number of carboxylic acid groups (broad SMARTS) is 1. The summed E-state index contributed by atoms with van der Waals surface area (Å²) in [4.78, 5) is 173. The van der Waals surface area contributed by atoms with Gasteiger partial charge in [-0.2, -0.15) is 4.98 Å². The number of nitrogen functional groups attached to an aromatic ring is 1. The van der Waals surface area contributed by atoms with Gasteiger partial charge in [-0.1, -0.05) is 12.8 Å². The molecule has 3 fully saturated rings. The van der Waals surface area contributed by atoms with Crippen molar-refractivity contribution in [2.75, 3.05) is 118 Å². The maximum absolute atomic E-state index is 13.5. The minimum absolute atomic E-state index is 0.0395. The predicted molar refractivity (Wildman–Crippen MR) is 404 cm³/mol. The predicted octanol–water partition coefficient (Wildman–Crippen LogP) is -0.338. The molecule has 0 radical (unpaired) electrons. The molecular formula is C70H85N9O37P4-4. The highest BCUT2D eigenvalue weighted by Gasteiger charge is 2.43. The molecule has 1 aliphatic carbocycles. The van der Waals surface area contributed by atoms with E-state index in [0.717, 1.165) is 32.1 Å². The van der Waals surface area contributed by atoms with E-state index in [0.29, 0.717) is 42.2 Å². The number of aliphatic hydroxyl groups is 2. The lowest BCUT2D eigenvalue weighted by atomic mass is 9.89. The lowest BCUT2D eigenvalue weighted by Gasteiger charge is -2.29. The first-order valence-corrected chi connectivity index (χ1v) is 42.9. The van der Waals surface area contributed by atoms with Gasteiger partial charge >= 0.3 is 23.0 Å². The lowest BCUT2D eigenvalue weighted by Crippen LogP contribution is -2.33. The number of aliphatic hydroxyl groups excluding tert-OH is 2. The first-order valence-electron chi connectivity index (χ1n) is 37.0. The standard InChI is InChI=1S/C70H89N9O37P4/c1-41-36-78(69(91)75-64(41)85)61-34-53(55(38-80)112-61)115-119(97,98)107-28-24-103-20-19-102-23-27-106-118(95,96)110-40-57-54(116-120(99,100)108-29-25-104-21-18-101-22-26-105-117(93,94)109-39-56-50(83)33-60(113-56)77-17-14-58(71)74-68(77)90)35-62(114-57)79-37-43(66(87)76-70(79)92)7-13-59(84)72-15-4-2-3-5-16-73-65(86)42-6-10-46(67(88)89)49(30-42)63-47-11-8-44(81)31-51(47)111-52-32-45(82)9-12-48(52)63/h6-14,17,30-32,36-37,50,53-57,60-62,80-81,83H,2-5,15-16,18-29,33-35,38-40H2,1H3,(H,72,84)(H,73,86)(H,88,89)(H,93,94)(H,95,96)(H,97,98)(H,99,100)(H2,71,74,90)(H,75,85,91)(H,76,87,92)/p-4/b13-7+/t50-,53-,54-,55-,56-,57-,60-,61-,62-/m1/s1. The first-order chi connectivity index (χ1) is 57.1. The van der Waals surface area contributed by atoms with E-state index in [2.05, 4.69) is 25.6 Å². The molecule has 50 heteroatoms. The number of aromatic carboxylic acids is 1. The third kappa shape index (κ3) is 27.1. The van der Waals surface area contributed by atoms with Gasteiger partial charge in [-0.05, 0) is 79.9 Å². The molecule has 2 amide bonds. The van der Waals surface area contributed by atoms with Crippen LogP contribution in [0.5, 0.6) is 5.75 Å². The Balaban J connectivity index is 0.658. The number of aromatic amines is 2. The SMILES string of the molecule is Cc1cn([C@H]2C[C@@H](OP(=O)([O-])OCCOCCOCCOP(=O)([O-])OC[C@H]3O[C@@H](n4cc(/C=C/C(=O)NCCCCCCNC(=O)c5ccc(C(=O)O)c(-c6c7ccc(=O)cc-7oc7cc(O)ccc67)c5)c(=O)[nH]c4=O)C[C@H]3OP(=O)([O-])OCCOCCOCCOP(=O)([O-])OC[C@H]3O[C@@H](n4ccc(N)nc4=O)C[C@H]3O)[C@@H](CO)O2)c(=O)[nH]c1=O. The van der Waals surface area contributed by atoms with Gasteiger partial charge in [0.25, 0.3) is 48.3 Å². The van der Waals surface area contributed by atoms with Crippen LogP contribution in [0.25, 0.3) is 39.5 Å². The summed E-state index contributed by atoms with van der Waals surface area (Å²) in [6.45, 7) is -5.07. The van der Waals surface area contributed by atoms with Crippen molar-refractivity contribution in [1.82, 2.24) is 39.3 Å². The van der Waals surface area contributed by atoms with Crippen molar-refractivity contribution in [2.24, 2.45) is 0 Å². The number of phenols is 1. The van der Waals surface area contributed by atoms with E-state index in [1.807, 2.05) is 0 Å². The number of nitrogens with one attached hydrogen (secondary N) is 4. The van der Waals surface area contributed by atoms with Crippen LogP contribution in [0.2, 0.25) is 0 Å². The summed E-state index contributed by atoms with van der Waals surface area (Å²) in [5.74, 6) is -2.50. The smallest absolute Gasteiger partial charge is 0.351 e. The third-order valence-electron chi connectivity index (χ3n) is 18.2. The summed E-state index contributed by atoms with van der Waals surface area (Å²) < 4.78 is 138. The number of ether oxygens (including phenoxy) is 7. The number of H-pyrrole nitrogens is 2. The molecule has 5 aliphatic rings. The van der Waals surface area contributed by atoms with Crippen LogP contribution in [0, 0.1) is 6.92 Å². The quantitative estimate of drug-likeness (QED) is 0.0102. The largest absolute Gasteiger partial charge is 0.756 e. The van der Waals surface area contributed by atoms with Gasteiger partial charge in [0, 0.05) is 96.8 Å². The van der Waals surface area contributed by atoms with Crippen LogP contribution in [-0.4, -0.2) is 216 Å². The fraction of sp³-hybridized carbons (Fsp3) is 0.486. The molecule has 7 heterocycles. The number of hydrogen-bond acceptors (Lipinski definition) is 38. The fourth-order valence-electron chi connectivity index (χ4n) is 12.4. The maximum Gasteiger partial charge on any atom is 0.351 e. The summed E-state index contributed by atoms with van der Waals surface area (Å²) in [7, 11) is -20.7. The Morgan fingerprint density at radius 2 is 1.14 bits per heavy atom. The summed E-state index contributed by atoms with van der Waals surface area (Å²) in [5.41, 5.74) is 1.79. The van der Waals surface area contributed by atoms with E-state index >= 15 is 0 Å². The zero-order valence-corrected chi connectivity index (χ0v) is 67.3. The number of nitrogens with zero attached hydrogens (tertiary/aromatic N) is 4. The molecule has 656 valence electrons. The molecule has 0 spiro atoms. The number of carbonyl (C=O) groups excluding carboxylic acids is 2. The molecule has 3 aromatic heterocycles. The van der Waals surface area contributed by atoms with Crippen molar-refractivity contribution in [3.8, 4) is 28.2 Å². The van der Waals surface area contributed by atoms with Crippen LogP contribution >= 0.6 is 31.3 Å². The number of unbranched alkanes of at least 4 members (excludes halogenated alkanes) is 3. The summed E-state index contributed by atoms with van der Waals surface area (Å²) >= 11 is 0. The molecule has 2 aromatic carbocycles. The number of phosphoric acid groups is 4. The number of phenolic OH excluding ortho intramolecular Hbond substituents is 1. The van der Waals surface area contributed by atoms with Crippen LogP contribution in [0.1, 0.15) is 95.5 Å². The van der Waals surface area contributed by atoms with E-state index < -0.39 is 198 Å². The number of benzene rings is 3. The Labute approximate surface area is 678 Å². The molecule has 10 N–H and O–H groups in total. The first kappa shape index (κ1) is 93.5. The van der Waals surface area contributed by atoms with Crippen LogP contribution in [-0.2, 0) is 92.4 Å². The molecule has 0 bridgehead atoms. The summed E-state index contributed by atoms with van der Waals surface area (Å²) in [6, 6.07) is 13.7. The number of anilines is 1. The molecule has 3 saturated heterocycles. The van der Waals surface area contributed by atoms with Gasteiger partial charge in [0.05, 0.1) is 129 Å². The summed E-state index contributed by atoms with van der Waals surface area (Å²) in [6.07, 6.45) is -4.97. The van der Waals surface area contributed by atoms with Crippen LogP contribution in [0.4, 0.5) is 5.82 Å². The number of amides is 2. The van der Waals surface area contributed by atoms with Gasteiger partial charge in [-0.25, -0.2) is 19.2 Å². The van der Waals surface area contributed by atoms with Gasteiger partial charge in [0.1, 0.15) is 59.9 Å². The summed E-state index contributed by atoms with van der Waals surface area (Å²) in [5, 5.41) is 46.5. The Hall–Kier alpha value is -8.80. The van der Waals surface area contributed by atoms with E-state index in [1.165, 1.54) is 80.0 Å². The number of aromatic hydroxyl groups is 1. The molecule has 0 saturated carbocycles. The highest BCUT2D eigenvalue weighted by atomic mass is 31.2. The van der Waals surface area contributed by atoms with Crippen LogP contribution in [0.15, 0.2) is 119 Å². The number of fused-ring (bicyclic) bond motifs is 2. The minimum Gasteiger partial charge on any atom is -0.756 e. The number of carbonyl (C=O) groups is 3. The fourth-order valence-corrected chi connectivity index (χ4v) is 15.7. The van der Waals surface area contributed by atoms with Gasteiger partial charge < -0.3 is 130 Å². The molecule has 10 rings (SSSR count). The van der Waals surface area contributed by atoms with E-state index in [4.69, 9.17) is 79.5 Å². The van der Waals surface area contributed by atoms with Gasteiger partial charge in [0.15, 0.2) is 5.43 Å². The van der Waals surface area contributed by atoms with Crippen molar-refractivity contribution in [1.29, 1.82) is 0 Å². The number of hydrogen-bond donors (Lipinski definition) is 9. The highest BCUT2D eigenvalue weighted by molar-refractivity contribution is 7.46. The molecular weight excluding hydrogens is 1680 g/mol. The van der Waals surface area contributed by atoms with Crippen molar-refractivity contribution in [2.45, 2.75) is 107 Å². The van der Waals surface area contributed by atoms with Gasteiger partial charge in [-0.15, -0.1) is 0 Å². The number of nitrogens with two attached hydrogens (primary N) is 1. The number of aryl methyl sites for hydroxylation is 1. The van der Waals surface area contributed by atoms with Crippen molar-refractivity contribution in [3.05, 3.63) is 170 Å². The topological polar surface area (TPSA) is 656 Å². The zero-order chi connectivity index (χ0) is 86.5. The lowest BCUT2D eigenvalue weighted by molar-refractivity contribution is -0.236. The average Bonchev–Trinajstić information content (AvgIpc) is 0.862. The van der Waals surface area contributed by atoms with Gasteiger partial charge in [0.2, 0.25) is 5.91 Å². The Morgan fingerprint density at radius 3 is 1.73 bits per heavy atom. The highest BCUT2D eigenvalue weighted by Crippen LogP contribution is 2.49. The molecule has 120 heavy (non-hydrogen) atoms. The maximum atomic E-state index is 13.5. The van der Waals surface area contributed by atoms with E-state index in [1.54, 1.807) is 0 Å². The zero-order valence-electron chi connectivity index (χ0n) is 63.7. The Bertz CT molecular complexity index is 5310. The molecule has 13 atom stereocenters. The Kier molecular flexibility index (Phi) is 33.7.